The number of hydrogen-bond acceptors (Lipinski definition) is 7. The number of thiophene rings is 1. The molecule has 0 bridgehead atoms. The van der Waals surface area contributed by atoms with E-state index < -0.39 is 0 Å². The molecule has 620 valence electrons. The van der Waals surface area contributed by atoms with Gasteiger partial charge < -0.3 is 4.57 Å². The first kappa shape index (κ1) is 76.6. The van der Waals surface area contributed by atoms with Crippen LogP contribution in [0.5, 0.6) is 0 Å². The minimum Gasteiger partial charge on any atom is -0.309 e. The van der Waals surface area contributed by atoms with Crippen LogP contribution in [0.4, 0.5) is 0 Å². The van der Waals surface area contributed by atoms with Crippen molar-refractivity contribution in [3.63, 3.8) is 0 Å². The molecule has 28 aromatic rings. The molecule has 0 amide bonds. The Morgan fingerprint density at radius 3 is 1.11 bits per heavy atom. The highest BCUT2D eigenvalue weighted by Crippen LogP contribution is 2.50. The average Bonchev–Trinajstić information content (AvgIpc) is 1.54. The standard InChI is InChI=1S/C48H30N4.C38H25N3.C36H21N3S/c1-3-14-32(15-4-1)47-48(50-41-21-11-10-20-40(41)49-47)52-42-22-12-9-19-37(42)38-29-33(24-26-43(38)52)34-25-27-44-39(30-34)46-36-18-8-7-13-31(36)23-28-45(46)51(44)35-16-5-2-6-17-35;1-4-12-26(13-5-1)29-20-22-35-32(24-29)33-25-30(27-14-6-2-7-15-27)21-23-36(33)41(35)38-39-34-19-11-10-18-31(34)37(40-38)28-16-8-3-9-17-28;1-2-12-22(13-3-1)33-25-16-6-9-19-28(25)37-36(38-33)39-29-20-10-7-17-26(29)31-23-14-4-5-15-24(23)32-27-18-8-11-21-30(27)40-35(32)34(31)39/h1-30H;1-25H;1-21H. The Balaban J connectivity index is 0.000000106. The maximum atomic E-state index is 5.31. The van der Waals surface area contributed by atoms with Gasteiger partial charge in [-0.05, 0) is 164 Å². The largest absolute Gasteiger partial charge is 0.309 e. The molecular formula is C122H76N10S. The summed E-state index contributed by atoms with van der Waals surface area (Å²) in [5.41, 5.74) is 26.9. The molecule has 0 fully saturated rings. The third-order valence-corrected chi connectivity index (χ3v) is 27.5. The molecule has 8 heterocycles. The van der Waals surface area contributed by atoms with Crippen LogP contribution in [0, 0.1) is 0 Å². The van der Waals surface area contributed by atoms with Gasteiger partial charge in [0.1, 0.15) is 5.69 Å². The van der Waals surface area contributed by atoms with Gasteiger partial charge in [-0.3, -0.25) is 13.7 Å². The van der Waals surface area contributed by atoms with E-state index in [9.17, 15) is 0 Å². The van der Waals surface area contributed by atoms with Gasteiger partial charge in [0, 0.05) is 91.7 Å². The highest BCUT2D eigenvalue weighted by Gasteiger charge is 2.27. The molecule has 28 rings (SSSR count). The molecular weight excluding hydrogens is 1640 g/mol. The summed E-state index contributed by atoms with van der Waals surface area (Å²) in [6, 6.07) is 163. The van der Waals surface area contributed by atoms with Crippen LogP contribution in [-0.2, 0) is 0 Å². The summed E-state index contributed by atoms with van der Waals surface area (Å²) < 4.78 is 11.8. The molecule has 0 atom stereocenters. The predicted molar refractivity (Wildman–Crippen MR) is 556 cm³/mol. The Morgan fingerprint density at radius 2 is 0.549 bits per heavy atom. The number of fused-ring (bicyclic) bond motifs is 24. The molecule has 0 aliphatic heterocycles. The summed E-state index contributed by atoms with van der Waals surface area (Å²) in [7, 11) is 0. The molecule has 8 aromatic heterocycles. The van der Waals surface area contributed by atoms with E-state index >= 15 is 0 Å². The van der Waals surface area contributed by atoms with E-state index in [0.717, 1.165) is 106 Å². The van der Waals surface area contributed by atoms with Crippen LogP contribution >= 0.6 is 11.3 Å². The third kappa shape index (κ3) is 12.8. The van der Waals surface area contributed by atoms with Crippen molar-refractivity contribution >= 4 is 173 Å². The fourth-order valence-corrected chi connectivity index (χ4v) is 21.6. The van der Waals surface area contributed by atoms with Gasteiger partial charge in [-0.25, -0.2) is 29.9 Å². The molecule has 0 aliphatic carbocycles. The van der Waals surface area contributed by atoms with E-state index in [2.05, 4.69) is 431 Å². The third-order valence-electron chi connectivity index (χ3n) is 26.3. The topological polar surface area (TPSA) is 97.1 Å². The van der Waals surface area contributed by atoms with Crippen LogP contribution < -0.4 is 0 Å². The summed E-state index contributed by atoms with van der Waals surface area (Å²) in [6.45, 7) is 0. The van der Waals surface area contributed by atoms with Crippen molar-refractivity contribution in [2.75, 3.05) is 0 Å². The lowest BCUT2D eigenvalue weighted by molar-refractivity contribution is 1.01. The maximum absolute atomic E-state index is 5.31. The molecule has 0 saturated carbocycles. The van der Waals surface area contributed by atoms with Crippen LogP contribution in [-0.4, -0.2) is 48.2 Å². The average molecular weight is 1710 g/mol. The number of para-hydroxylation sites is 7. The molecule has 0 unspecified atom stereocenters. The molecule has 0 aliphatic rings. The first-order valence-corrected chi connectivity index (χ1v) is 45.8. The van der Waals surface area contributed by atoms with Crippen molar-refractivity contribution in [2.24, 2.45) is 0 Å². The van der Waals surface area contributed by atoms with Gasteiger partial charge in [0.05, 0.1) is 82.3 Å². The molecule has 0 spiro atoms. The molecule has 11 heteroatoms. The Bertz CT molecular complexity index is 9420. The molecule has 133 heavy (non-hydrogen) atoms. The number of aromatic nitrogens is 10. The van der Waals surface area contributed by atoms with Gasteiger partial charge in [-0.1, -0.05) is 352 Å². The molecule has 0 radical (unpaired) electrons. The Morgan fingerprint density at radius 1 is 0.180 bits per heavy atom. The summed E-state index contributed by atoms with van der Waals surface area (Å²) in [6.07, 6.45) is 0. The lowest BCUT2D eigenvalue weighted by Crippen LogP contribution is -2.03. The smallest absolute Gasteiger partial charge is 0.235 e. The number of benzene rings is 20. The lowest BCUT2D eigenvalue weighted by Gasteiger charge is -2.14. The Kier molecular flexibility index (Phi) is 18.2. The first-order chi connectivity index (χ1) is 66.0. The van der Waals surface area contributed by atoms with Gasteiger partial charge in [0.2, 0.25) is 11.9 Å². The molecule has 10 nitrogen and oxygen atoms in total. The lowest BCUT2D eigenvalue weighted by atomic mass is 9.99. The predicted octanol–water partition coefficient (Wildman–Crippen LogP) is 32.0. The summed E-state index contributed by atoms with van der Waals surface area (Å²) in [5, 5.41) is 19.4. The fraction of sp³-hybridized carbons (Fsp3) is 0. The van der Waals surface area contributed by atoms with Crippen molar-refractivity contribution in [1.82, 2.24) is 48.2 Å². The SMILES string of the molecule is c1ccc(-c2ccc3c(c2)c2cc(-c4ccccc4)ccc2n3-c2nc(-c3ccccc3)c3ccccc3n2)cc1.c1ccc(-c2nc(-n3c4ccccc4c4c5ccccc5c5c6ccccc6sc5c43)nc3ccccc23)cc1.c1ccc(-c2nc3ccccc3nc2-n2c3ccccc3c3cc(-c4ccc5c(c4)c4c6ccccc6ccc4n5-c4ccccc4)ccc32)cc1. The van der Waals surface area contributed by atoms with Crippen LogP contribution in [0.15, 0.2) is 461 Å². The zero-order valence-corrected chi connectivity index (χ0v) is 72.6. The first-order valence-electron chi connectivity index (χ1n) is 45.0. The van der Waals surface area contributed by atoms with Gasteiger partial charge in [0.15, 0.2) is 5.82 Å². The molecule has 0 N–H and O–H groups in total. The number of nitrogens with zero attached hydrogens (tertiary/aromatic N) is 10. The second kappa shape index (κ2) is 31.7. The van der Waals surface area contributed by atoms with E-state index in [4.69, 9.17) is 29.9 Å². The minimum atomic E-state index is 0.669. The summed E-state index contributed by atoms with van der Waals surface area (Å²) >= 11 is 1.86. The number of rotatable bonds is 10. The fourth-order valence-electron chi connectivity index (χ4n) is 20.3. The molecule has 0 saturated heterocycles. The number of hydrogen-bond donors (Lipinski definition) is 0. The van der Waals surface area contributed by atoms with Crippen LogP contribution in [0.1, 0.15) is 0 Å². The zero-order chi connectivity index (χ0) is 87.6. The van der Waals surface area contributed by atoms with Crippen LogP contribution in [0.2, 0.25) is 0 Å². The van der Waals surface area contributed by atoms with Crippen molar-refractivity contribution in [2.45, 2.75) is 0 Å². The van der Waals surface area contributed by atoms with Crippen LogP contribution in [0.25, 0.3) is 252 Å². The van der Waals surface area contributed by atoms with Gasteiger partial charge in [-0.2, -0.15) is 0 Å². The maximum Gasteiger partial charge on any atom is 0.235 e. The van der Waals surface area contributed by atoms with E-state index in [-0.39, 0.29) is 0 Å². The van der Waals surface area contributed by atoms with E-state index in [1.54, 1.807) is 0 Å². The van der Waals surface area contributed by atoms with Crippen molar-refractivity contribution in [1.29, 1.82) is 0 Å². The monoisotopic (exact) mass is 1710 g/mol. The highest BCUT2D eigenvalue weighted by molar-refractivity contribution is 7.27. The Labute approximate surface area is 767 Å². The second-order valence-corrected chi connectivity index (χ2v) is 34.9. The van der Waals surface area contributed by atoms with Gasteiger partial charge in [-0.15, -0.1) is 11.3 Å². The minimum absolute atomic E-state index is 0.669. The second-order valence-electron chi connectivity index (χ2n) is 33.9. The van der Waals surface area contributed by atoms with E-state index in [1.165, 1.54) is 135 Å². The van der Waals surface area contributed by atoms with Gasteiger partial charge >= 0.3 is 0 Å². The van der Waals surface area contributed by atoms with Crippen molar-refractivity contribution < 1.29 is 0 Å². The van der Waals surface area contributed by atoms with Crippen molar-refractivity contribution in [3.05, 3.63) is 461 Å². The van der Waals surface area contributed by atoms with Gasteiger partial charge in [0.25, 0.3) is 0 Å². The zero-order valence-electron chi connectivity index (χ0n) is 71.8. The normalized spacial score (nSPS) is 11.8. The van der Waals surface area contributed by atoms with E-state index in [0.29, 0.717) is 11.9 Å². The van der Waals surface area contributed by atoms with Crippen molar-refractivity contribution in [3.8, 4) is 90.6 Å². The quantitative estimate of drug-likeness (QED) is 0.135. The Hall–Kier alpha value is -17.6. The summed E-state index contributed by atoms with van der Waals surface area (Å²) in [4.78, 5) is 31.3. The van der Waals surface area contributed by atoms with E-state index in [1.807, 2.05) is 59.9 Å². The summed E-state index contributed by atoms with van der Waals surface area (Å²) in [5.74, 6) is 2.19. The highest BCUT2D eigenvalue weighted by atomic mass is 32.1. The van der Waals surface area contributed by atoms with Crippen LogP contribution in [0.3, 0.4) is 0 Å². The molecule has 20 aromatic carbocycles.